The first-order valence-corrected chi connectivity index (χ1v) is 7.70. The Morgan fingerprint density at radius 3 is 2.68 bits per heavy atom. The summed E-state index contributed by atoms with van der Waals surface area (Å²) in [4.78, 5) is 13.8. The van der Waals surface area contributed by atoms with Gasteiger partial charge in [-0.1, -0.05) is 0 Å². The number of thioether (sulfide) groups is 1. The van der Waals surface area contributed by atoms with Crippen molar-refractivity contribution in [3.63, 3.8) is 0 Å². The van der Waals surface area contributed by atoms with Gasteiger partial charge in [-0.05, 0) is 37.3 Å². The Kier molecular flexibility index (Phi) is 4.58. The number of esters is 1. The molecule has 1 aromatic carbocycles. The fraction of sp³-hybridized carbons (Fsp3) is 0.500. The zero-order valence-corrected chi connectivity index (χ0v) is 12.2. The lowest BCUT2D eigenvalue weighted by atomic mass is 10.1. The number of nitrogens with zero attached hydrogens (tertiary/aromatic N) is 1. The molecule has 1 aliphatic rings. The van der Waals surface area contributed by atoms with E-state index in [1.807, 2.05) is 17.8 Å². The average Bonchev–Trinajstić information content (AvgIpc) is 2.47. The monoisotopic (exact) mass is 280 g/mol. The summed E-state index contributed by atoms with van der Waals surface area (Å²) in [5, 5.41) is 0.737. The molecule has 0 spiro atoms. The highest BCUT2D eigenvalue weighted by molar-refractivity contribution is 7.99. The zero-order valence-electron chi connectivity index (χ0n) is 11.4. The van der Waals surface area contributed by atoms with Gasteiger partial charge in [-0.15, -0.1) is 0 Å². The summed E-state index contributed by atoms with van der Waals surface area (Å²) >= 11 is 1.93. The highest BCUT2D eigenvalue weighted by Crippen LogP contribution is 2.30. The van der Waals surface area contributed by atoms with Gasteiger partial charge in [0.05, 0.1) is 24.0 Å². The van der Waals surface area contributed by atoms with Crippen LogP contribution in [0.1, 0.15) is 23.2 Å². The highest BCUT2D eigenvalue weighted by atomic mass is 32.2. The number of nitrogen functional groups attached to an aromatic ring is 1. The number of benzene rings is 1. The molecule has 1 fully saturated rings. The lowest BCUT2D eigenvalue weighted by Gasteiger charge is -2.33. The Hall–Kier alpha value is -1.36. The molecular formula is C14H20N2O2S. The van der Waals surface area contributed by atoms with Gasteiger partial charge < -0.3 is 15.4 Å². The van der Waals surface area contributed by atoms with Crippen LogP contribution in [0.5, 0.6) is 0 Å². The van der Waals surface area contributed by atoms with Gasteiger partial charge in [-0.3, -0.25) is 0 Å². The van der Waals surface area contributed by atoms with Crippen LogP contribution in [0.3, 0.4) is 0 Å². The van der Waals surface area contributed by atoms with Crippen molar-refractivity contribution in [1.82, 2.24) is 0 Å². The number of hydrogen-bond acceptors (Lipinski definition) is 5. The predicted octanol–water partition coefficient (Wildman–Crippen LogP) is 2.39. The maximum absolute atomic E-state index is 11.6. The van der Waals surface area contributed by atoms with Crippen molar-refractivity contribution < 1.29 is 9.53 Å². The van der Waals surface area contributed by atoms with Gasteiger partial charge in [0, 0.05) is 18.3 Å². The van der Waals surface area contributed by atoms with Crippen LogP contribution in [0.25, 0.3) is 0 Å². The lowest BCUT2D eigenvalue weighted by Crippen LogP contribution is -2.35. The van der Waals surface area contributed by atoms with E-state index < -0.39 is 0 Å². The second-order valence-corrected chi connectivity index (χ2v) is 5.83. The van der Waals surface area contributed by atoms with Gasteiger partial charge in [0.2, 0.25) is 0 Å². The molecule has 0 radical (unpaired) electrons. The van der Waals surface area contributed by atoms with E-state index in [4.69, 9.17) is 10.5 Å². The van der Waals surface area contributed by atoms with Gasteiger partial charge in [0.1, 0.15) is 0 Å². The maximum Gasteiger partial charge on any atom is 0.337 e. The van der Waals surface area contributed by atoms with Crippen molar-refractivity contribution in [2.75, 3.05) is 37.1 Å². The molecule has 5 heteroatoms. The van der Waals surface area contributed by atoms with E-state index in [9.17, 15) is 4.79 Å². The molecule has 0 aliphatic carbocycles. The first-order chi connectivity index (χ1) is 9.15. The summed E-state index contributed by atoms with van der Waals surface area (Å²) in [5.74, 6) is -0.319. The SMILES string of the molecule is COC(=O)c1ccc(N)c(N2CCC(SC)CC2)c1. The van der Waals surface area contributed by atoms with Crippen LogP contribution in [0.4, 0.5) is 11.4 Å². The fourth-order valence-corrected chi connectivity index (χ4v) is 3.08. The van der Waals surface area contributed by atoms with Crippen LogP contribution in [-0.4, -0.2) is 37.7 Å². The van der Waals surface area contributed by atoms with E-state index >= 15 is 0 Å². The predicted molar refractivity (Wildman–Crippen MR) is 80.9 cm³/mol. The third-order valence-corrected chi connectivity index (χ3v) is 4.71. The fourth-order valence-electron chi connectivity index (χ4n) is 2.39. The molecule has 1 aliphatic heterocycles. The van der Waals surface area contributed by atoms with Crippen LogP contribution in [0, 0.1) is 0 Å². The number of rotatable bonds is 3. The van der Waals surface area contributed by atoms with E-state index in [0.717, 1.165) is 42.6 Å². The first kappa shape index (κ1) is 14.1. The van der Waals surface area contributed by atoms with Crippen molar-refractivity contribution in [1.29, 1.82) is 0 Å². The van der Waals surface area contributed by atoms with Crippen molar-refractivity contribution >= 4 is 29.1 Å². The Morgan fingerprint density at radius 2 is 2.11 bits per heavy atom. The molecule has 1 heterocycles. The summed E-state index contributed by atoms with van der Waals surface area (Å²) < 4.78 is 4.75. The highest BCUT2D eigenvalue weighted by Gasteiger charge is 2.20. The second kappa shape index (κ2) is 6.19. The van der Waals surface area contributed by atoms with Crippen molar-refractivity contribution in [2.45, 2.75) is 18.1 Å². The van der Waals surface area contributed by atoms with Crippen molar-refractivity contribution in [2.24, 2.45) is 0 Å². The van der Waals surface area contributed by atoms with E-state index in [2.05, 4.69) is 11.2 Å². The first-order valence-electron chi connectivity index (χ1n) is 6.41. The maximum atomic E-state index is 11.6. The zero-order chi connectivity index (χ0) is 13.8. The second-order valence-electron chi connectivity index (χ2n) is 4.69. The van der Waals surface area contributed by atoms with Crippen LogP contribution >= 0.6 is 11.8 Å². The Labute approximate surface area is 118 Å². The minimum absolute atomic E-state index is 0.319. The van der Waals surface area contributed by atoms with Gasteiger partial charge in [-0.25, -0.2) is 4.79 Å². The van der Waals surface area contributed by atoms with Crippen LogP contribution in [0.15, 0.2) is 18.2 Å². The standard InChI is InChI=1S/C14H20N2O2S/c1-18-14(17)10-3-4-12(15)13(9-10)16-7-5-11(19-2)6-8-16/h3-4,9,11H,5-8,15H2,1-2H3. The number of hydrogen-bond donors (Lipinski definition) is 1. The van der Waals surface area contributed by atoms with Gasteiger partial charge >= 0.3 is 5.97 Å². The average molecular weight is 280 g/mol. The molecule has 19 heavy (non-hydrogen) atoms. The minimum Gasteiger partial charge on any atom is -0.465 e. The van der Waals surface area contributed by atoms with Gasteiger partial charge in [0.15, 0.2) is 0 Å². The molecular weight excluding hydrogens is 260 g/mol. The molecule has 2 N–H and O–H groups in total. The quantitative estimate of drug-likeness (QED) is 0.680. The number of anilines is 2. The topological polar surface area (TPSA) is 55.6 Å². The Balaban J connectivity index is 2.17. The van der Waals surface area contributed by atoms with Crippen LogP contribution in [-0.2, 0) is 4.74 Å². The lowest BCUT2D eigenvalue weighted by molar-refractivity contribution is 0.0601. The molecule has 2 rings (SSSR count). The summed E-state index contributed by atoms with van der Waals surface area (Å²) in [7, 11) is 1.39. The third kappa shape index (κ3) is 3.15. The molecule has 0 aromatic heterocycles. The van der Waals surface area contributed by atoms with Gasteiger partial charge in [0.25, 0.3) is 0 Å². The molecule has 0 atom stereocenters. The molecule has 0 saturated carbocycles. The van der Waals surface area contributed by atoms with E-state index in [0.29, 0.717) is 5.56 Å². The number of piperidine rings is 1. The van der Waals surface area contributed by atoms with Crippen molar-refractivity contribution in [3.05, 3.63) is 23.8 Å². The molecule has 0 bridgehead atoms. The summed E-state index contributed by atoms with van der Waals surface area (Å²) in [5.41, 5.74) is 8.25. The molecule has 1 aromatic rings. The van der Waals surface area contributed by atoms with Gasteiger partial charge in [-0.2, -0.15) is 11.8 Å². The van der Waals surface area contributed by atoms with Crippen LogP contribution in [0.2, 0.25) is 0 Å². The molecule has 1 saturated heterocycles. The number of ether oxygens (including phenoxy) is 1. The summed E-state index contributed by atoms with van der Waals surface area (Å²) in [6.45, 7) is 1.97. The van der Waals surface area contributed by atoms with Crippen molar-refractivity contribution in [3.8, 4) is 0 Å². The molecule has 0 unspecified atom stereocenters. The number of carbonyl (C=O) groups is 1. The largest absolute Gasteiger partial charge is 0.465 e. The summed E-state index contributed by atoms with van der Waals surface area (Å²) in [6.07, 6.45) is 4.47. The van der Waals surface area contributed by atoms with E-state index in [-0.39, 0.29) is 5.97 Å². The van der Waals surface area contributed by atoms with E-state index in [1.165, 1.54) is 7.11 Å². The Morgan fingerprint density at radius 1 is 1.42 bits per heavy atom. The number of nitrogens with two attached hydrogens (primary N) is 1. The normalized spacial score (nSPS) is 16.4. The third-order valence-electron chi connectivity index (χ3n) is 3.57. The molecule has 4 nitrogen and oxygen atoms in total. The number of carbonyl (C=O) groups excluding carboxylic acids is 1. The minimum atomic E-state index is -0.319. The molecule has 0 amide bonds. The van der Waals surface area contributed by atoms with E-state index in [1.54, 1.807) is 12.1 Å². The number of methoxy groups -OCH3 is 1. The Bertz CT molecular complexity index is 457. The molecule has 104 valence electrons. The van der Waals surface area contributed by atoms with Crippen LogP contribution < -0.4 is 10.6 Å². The smallest absolute Gasteiger partial charge is 0.337 e. The summed E-state index contributed by atoms with van der Waals surface area (Å²) in [6, 6.07) is 5.32.